The standard InChI is InChI=1S/C24H41N3O3/c1-7-8-19(2)18-29-21-11-9-20(10-12-21)22(25-23(28)30-24(3,4)5)17-27-15-13-26(6)14-16-27/h9-12,19,22H,7-8,13-18H2,1-6H3,(H,25,28)/t19-,22?/m1/s1. The first-order chi connectivity index (χ1) is 14.2. The quantitative estimate of drug-likeness (QED) is 0.646. The Balaban J connectivity index is 2.03. The Morgan fingerprint density at radius 1 is 1.13 bits per heavy atom. The predicted molar refractivity (Wildman–Crippen MR) is 122 cm³/mol. The van der Waals surface area contributed by atoms with Gasteiger partial charge in [-0.3, -0.25) is 4.90 Å². The SMILES string of the molecule is CCC[C@@H](C)COc1ccc(C(CN2CCN(C)CC2)NC(=O)OC(C)(C)C)cc1. The fourth-order valence-electron chi connectivity index (χ4n) is 3.58. The number of nitrogens with zero attached hydrogens (tertiary/aromatic N) is 2. The number of amides is 1. The van der Waals surface area contributed by atoms with Crippen molar-refractivity contribution in [2.24, 2.45) is 5.92 Å². The molecule has 1 amide bonds. The molecule has 1 heterocycles. The van der Waals surface area contributed by atoms with Crippen LogP contribution < -0.4 is 10.1 Å². The Morgan fingerprint density at radius 2 is 1.77 bits per heavy atom. The summed E-state index contributed by atoms with van der Waals surface area (Å²) in [5.41, 5.74) is 0.545. The Morgan fingerprint density at radius 3 is 2.33 bits per heavy atom. The first kappa shape index (κ1) is 24.5. The van der Waals surface area contributed by atoms with Gasteiger partial charge in [0.25, 0.3) is 0 Å². The van der Waals surface area contributed by atoms with E-state index in [1.807, 2.05) is 32.9 Å². The molecular formula is C24H41N3O3. The van der Waals surface area contributed by atoms with Crippen molar-refractivity contribution in [3.8, 4) is 5.75 Å². The molecule has 0 aliphatic carbocycles. The lowest BCUT2D eigenvalue weighted by atomic mass is 10.1. The molecule has 1 N–H and O–H groups in total. The first-order valence-corrected chi connectivity index (χ1v) is 11.3. The second kappa shape index (κ2) is 11.6. The molecule has 1 aromatic carbocycles. The summed E-state index contributed by atoms with van der Waals surface area (Å²) < 4.78 is 11.4. The fourth-order valence-corrected chi connectivity index (χ4v) is 3.58. The number of hydrogen-bond donors (Lipinski definition) is 1. The molecule has 0 aromatic heterocycles. The Labute approximate surface area is 182 Å². The molecule has 1 aromatic rings. The van der Waals surface area contributed by atoms with Crippen molar-refractivity contribution in [3.63, 3.8) is 0 Å². The number of benzene rings is 1. The van der Waals surface area contributed by atoms with Gasteiger partial charge in [-0.25, -0.2) is 4.79 Å². The summed E-state index contributed by atoms with van der Waals surface area (Å²) in [5.74, 6) is 1.42. The molecule has 6 nitrogen and oxygen atoms in total. The minimum absolute atomic E-state index is 0.128. The van der Waals surface area contributed by atoms with E-state index in [0.29, 0.717) is 5.92 Å². The van der Waals surface area contributed by atoms with Crippen LogP contribution >= 0.6 is 0 Å². The molecule has 6 heteroatoms. The average molecular weight is 420 g/mol. The predicted octanol–water partition coefficient (Wildman–Crippen LogP) is 4.31. The van der Waals surface area contributed by atoms with E-state index in [-0.39, 0.29) is 12.1 Å². The van der Waals surface area contributed by atoms with Gasteiger partial charge in [-0.2, -0.15) is 0 Å². The highest BCUT2D eigenvalue weighted by molar-refractivity contribution is 5.68. The van der Waals surface area contributed by atoms with Crippen LogP contribution in [-0.2, 0) is 4.74 Å². The third kappa shape index (κ3) is 8.92. The van der Waals surface area contributed by atoms with Gasteiger partial charge in [-0.15, -0.1) is 0 Å². The summed E-state index contributed by atoms with van der Waals surface area (Å²) in [4.78, 5) is 17.2. The second-order valence-electron chi connectivity index (χ2n) is 9.58. The zero-order valence-corrected chi connectivity index (χ0v) is 19.7. The van der Waals surface area contributed by atoms with Gasteiger partial charge in [-0.1, -0.05) is 32.4 Å². The van der Waals surface area contributed by atoms with Crippen molar-refractivity contribution in [2.75, 3.05) is 46.4 Å². The van der Waals surface area contributed by atoms with Crippen LogP contribution in [0.2, 0.25) is 0 Å². The number of carbonyl (C=O) groups is 1. The zero-order chi connectivity index (χ0) is 22.1. The largest absolute Gasteiger partial charge is 0.493 e. The number of alkyl carbamates (subject to hydrolysis) is 1. The topological polar surface area (TPSA) is 54.0 Å². The minimum Gasteiger partial charge on any atom is -0.493 e. The maximum atomic E-state index is 12.5. The maximum Gasteiger partial charge on any atom is 0.408 e. The van der Waals surface area contributed by atoms with E-state index in [2.05, 4.69) is 48.1 Å². The molecule has 0 radical (unpaired) electrons. The van der Waals surface area contributed by atoms with Crippen molar-refractivity contribution in [1.29, 1.82) is 0 Å². The average Bonchev–Trinajstić information content (AvgIpc) is 2.67. The maximum absolute atomic E-state index is 12.5. The Kier molecular flexibility index (Phi) is 9.43. The third-order valence-electron chi connectivity index (χ3n) is 5.33. The minimum atomic E-state index is -0.519. The van der Waals surface area contributed by atoms with E-state index in [0.717, 1.165) is 50.6 Å². The summed E-state index contributed by atoms with van der Waals surface area (Å²) >= 11 is 0. The molecule has 1 aliphatic heterocycles. The second-order valence-corrected chi connectivity index (χ2v) is 9.58. The van der Waals surface area contributed by atoms with E-state index in [4.69, 9.17) is 9.47 Å². The highest BCUT2D eigenvalue weighted by atomic mass is 16.6. The van der Waals surface area contributed by atoms with Crippen molar-refractivity contribution in [2.45, 2.75) is 59.1 Å². The number of likely N-dealkylation sites (N-methyl/N-ethyl adjacent to an activating group) is 1. The first-order valence-electron chi connectivity index (χ1n) is 11.3. The Bertz CT molecular complexity index is 634. The fraction of sp³-hybridized carbons (Fsp3) is 0.708. The van der Waals surface area contributed by atoms with Crippen molar-refractivity contribution >= 4 is 6.09 Å². The molecule has 30 heavy (non-hydrogen) atoms. The monoisotopic (exact) mass is 419 g/mol. The lowest BCUT2D eigenvalue weighted by Crippen LogP contribution is -2.48. The van der Waals surface area contributed by atoms with Gasteiger partial charge in [0.15, 0.2) is 0 Å². The van der Waals surface area contributed by atoms with E-state index < -0.39 is 5.60 Å². The van der Waals surface area contributed by atoms with Gasteiger partial charge in [-0.05, 0) is 57.9 Å². The van der Waals surface area contributed by atoms with Gasteiger partial charge < -0.3 is 19.7 Å². The molecular weight excluding hydrogens is 378 g/mol. The van der Waals surface area contributed by atoms with E-state index in [1.54, 1.807) is 0 Å². The molecule has 170 valence electrons. The van der Waals surface area contributed by atoms with Crippen LogP contribution in [0, 0.1) is 5.92 Å². The number of rotatable bonds is 9. The summed E-state index contributed by atoms with van der Waals surface area (Å²) in [6.07, 6.45) is 1.97. The van der Waals surface area contributed by atoms with E-state index in [9.17, 15) is 4.79 Å². The number of carbonyl (C=O) groups excluding carboxylic acids is 1. The molecule has 1 unspecified atom stereocenters. The molecule has 0 bridgehead atoms. The molecule has 1 saturated heterocycles. The van der Waals surface area contributed by atoms with Gasteiger partial charge >= 0.3 is 6.09 Å². The molecule has 2 rings (SSSR count). The van der Waals surface area contributed by atoms with Crippen LogP contribution in [0.5, 0.6) is 5.75 Å². The lowest BCUT2D eigenvalue weighted by molar-refractivity contribution is 0.0481. The van der Waals surface area contributed by atoms with Gasteiger partial charge in [0.2, 0.25) is 0 Å². The zero-order valence-electron chi connectivity index (χ0n) is 19.7. The van der Waals surface area contributed by atoms with Crippen molar-refractivity contribution < 1.29 is 14.3 Å². The number of piperazine rings is 1. The molecule has 0 saturated carbocycles. The van der Waals surface area contributed by atoms with Crippen LogP contribution in [0.25, 0.3) is 0 Å². The lowest BCUT2D eigenvalue weighted by Gasteiger charge is -2.35. The molecule has 0 spiro atoms. The van der Waals surface area contributed by atoms with Crippen LogP contribution in [0.3, 0.4) is 0 Å². The molecule has 1 aliphatic rings. The number of hydrogen-bond acceptors (Lipinski definition) is 5. The van der Waals surface area contributed by atoms with E-state index >= 15 is 0 Å². The van der Waals surface area contributed by atoms with E-state index in [1.165, 1.54) is 12.8 Å². The van der Waals surface area contributed by atoms with Crippen LogP contribution in [0.15, 0.2) is 24.3 Å². The van der Waals surface area contributed by atoms with Crippen LogP contribution in [-0.4, -0.2) is 67.9 Å². The van der Waals surface area contributed by atoms with Crippen LogP contribution in [0.1, 0.15) is 59.1 Å². The summed E-state index contributed by atoms with van der Waals surface area (Å²) in [6, 6.07) is 7.98. The number of ether oxygens (including phenoxy) is 2. The van der Waals surface area contributed by atoms with Gasteiger partial charge in [0, 0.05) is 32.7 Å². The molecule has 1 fully saturated rings. The van der Waals surface area contributed by atoms with Crippen molar-refractivity contribution in [1.82, 2.24) is 15.1 Å². The molecule has 2 atom stereocenters. The summed E-state index contributed by atoms with van der Waals surface area (Å²) in [6.45, 7) is 15.6. The Hall–Kier alpha value is -1.79. The smallest absolute Gasteiger partial charge is 0.408 e. The third-order valence-corrected chi connectivity index (χ3v) is 5.33. The normalized spacial score (nSPS) is 17.9. The van der Waals surface area contributed by atoms with Gasteiger partial charge in [0.1, 0.15) is 11.4 Å². The summed E-state index contributed by atoms with van der Waals surface area (Å²) in [7, 11) is 2.15. The van der Waals surface area contributed by atoms with Gasteiger partial charge in [0.05, 0.1) is 12.6 Å². The van der Waals surface area contributed by atoms with Crippen molar-refractivity contribution in [3.05, 3.63) is 29.8 Å². The summed E-state index contributed by atoms with van der Waals surface area (Å²) in [5, 5.41) is 3.08. The highest BCUT2D eigenvalue weighted by Crippen LogP contribution is 2.21. The van der Waals surface area contributed by atoms with Crippen LogP contribution in [0.4, 0.5) is 4.79 Å². The number of nitrogens with one attached hydrogen (secondary N) is 1. The highest BCUT2D eigenvalue weighted by Gasteiger charge is 2.24.